The fourth-order valence-corrected chi connectivity index (χ4v) is 4.88. The summed E-state index contributed by atoms with van der Waals surface area (Å²) in [5.41, 5.74) is 4.09. The van der Waals surface area contributed by atoms with Crippen LogP contribution >= 0.6 is 0 Å². The van der Waals surface area contributed by atoms with Crippen LogP contribution in [0, 0.1) is 20.8 Å². The Kier molecular flexibility index (Phi) is 5.67. The summed E-state index contributed by atoms with van der Waals surface area (Å²) in [6.07, 6.45) is 0. The first kappa shape index (κ1) is 21.5. The number of aryl methyl sites for hydroxylation is 2. The quantitative estimate of drug-likeness (QED) is 0.477. The van der Waals surface area contributed by atoms with Gasteiger partial charge in [0.05, 0.1) is 24.2 Å². The Morgan fingerprint density at radius 3 is 2.16 bits per heavy atom. The highest BCUT2D eigenvalue weighted by atomic mass is 32.2. The molecule has 2 aromatic heterocycles. The summed E-state index contributed by atoms with van der Waals surface area (Å²) in [4.78, 5) is 0.109. The van der Waals surface area contributed by atoms with Crippen molar-refractivity contribution in [1.29, 1.82) is 0 Å². The number of rotatable bonds is 6. The van der Waals surface area contributed by atoms with E-state index in [4.69, 9.17) is 4.74 Å². The lowest BCUT2D eigenvalue weighted by molar-refractivity contribution is 0.415. The third-order valence-electron chi connectivity index (χ3n) is 5.05. The van der Waals surface area contributed by atoms with Gasteiger partial charge in [0.15, 0.2) is 5.82 Å². The van der Waals surface area contributed by atoms with Gasteiger partial charge in [-0.2, -0.15) is 5.10 Å². The summed E-state index contributed by atoms with van der Waals surface area (Å²) < 4.78 is 35.4. The molecular formula is C23H23N5O3S. The molecule has 0 fully saturated rings. The van der Waals surface area contributed by atoms with Crippen molar-refractivity contribution < 1.29 is 13.2 Å². The van der Waals surface area contributed by atoms with Crippen LogP contribution in [0.1, 0.15) is 17.0 Å². The van der Waals surface area contributed by atoms with Crippen molar-refractivity contribution >= 4 is 15.7 Å². The Labute approximate surface area is 187 Å². The van der Waals surface area contributed by atoms with Gasteiger partial charge in [-0.3, -0.25) is 4.72 Å². The zero-order valence-electron chi connectivity index (χ0n) is 18.2. The molecule has 8 nitrogen and oxygen atoms in total. The molecule has 9 heteroatoms. The predicted octanol–water partition coefficient (Wildman–Crippen LogP) is 4.06. The molecule has 0 amide bonds. The van der Waals surface area contributed by atoms with Gasteiger partial charge in [0, 0.05) is 11.3 Å². The van der Waals surface area contributed by atoms with E-state index in [1.165, 1.54) is 4.68 Å². The average Bonchev–Trinajstić information content (AvgIpc) is 3.09. The van der Waals surface area contributed by atoms with Crippen molar-refractivity contribution in [3.8, 4) is 22.8 Å². The van der Waals surface area contributed by atoms with E-state index in [1.807, 2.05) is 37.3 Å². The number of sulfonamides is 1. The number of anilines is 1. The lowest BCUT2D eigenvalue weighted by Crippen LogP contribution is -2.15. The zero-order valence-corrected chi connectivity index (χ0v) is 19.0. The van der Waals surface area contributed by atoms with Crippen LogP contribution in [-0.4, -0.2) is 35.5 Å². The number of aromatic nitrogens is 4. The highest BCUT2D eigenvalue weighted by Gasteiger charge is 2.26. The minimum atomic E-state index is -3.86. The molecule has 0 aliphatic heterocycles. The van der Waals surface area contributed by atoms with Crippen molar-refractivity contribution in [2.24, 2.45) is 0 Å². The van der Waals surface area contributed by atoms with Crippen LogP contribution in [0.4, 0.5) is 5.69 Å². The van der Waals surface area contributed by atoms with E-state index < -0.39 is 10.0 Å². The van der Waals surface area contributed by atoms with Crippen LogP contribution in [0.25, 0.3) is 17.1 Å². The fourth-order valence-electron chi connectivity index (χ4n) is 3.42. The normalized spacial score (nSPS) is 11.4. The van der Waals surface area contributed by atoms with Gasteiger partial charge >= 0.3 is 0 Å². The smallest absolute Gasteiger partial charge is 0.265 e. The molecule has 32 heavy (non-hydrogen) atoms. The number of hydrogen-bond donors (Lipinski definition) is 1. The lowest BCUT2D eigenvalue weighted by atomic mass is 10.1. The topological polar surface area (TPSA) is 99.0 Å². The van der Waals surface area contributed by atoms with Gasteiger partial charge in [-0.05, 0) is 57.2 Å². The largest absolute Gasteiger partial charge is 0.497 e. The number of benzene rings is 2. The maximum atomic E-state index is 13.1. The summed E-state index contributed by atoms with van der Waals surface area (Å²) in [7, 11) is -2.31. The van der Waals surface area contributed by atoms with Crippen LogP contribution in [0.2, 0.25) is 0 Å². The number of hydrogen-bond acceptors (Lipinski definition) is 6. The minimum Gasteiger partial charge on any atom is -0.497 e. The second-order valence-electron chi connectivity index (χ2n) is 7.39. The number of nitrogens with zero attached hydrogens (tertiary/aromatic N) is 4. The van der Waals surface area contributed by atoms with Crippen LogP contribution in [-0.2, 0) is 10.0 Å². The van der Waals surface area contributed by atoms with E-state index in [0.717, 1.165) is 16.8 Å². The summed E-state index contributed by atoms with van der Waals surface area (Å²) in [6.45, 7) is 5.37. The van der Waals surface area contributed by atoms with E-state index in [2.05, 4.69) is 20.0 Å². The second-order valence-corrected chi connectivity index (χ2v) is 9.01. The first-order chi connectivity index (χ1) is 15.3. The molecule has 0 radical (unpaired) electrons. The van der Waals surface area contributed by atoms with Crippen LogP contribution in [0.3, 0.4) is 0 Å². The van der Waals surface area contributed by atoms with Crippen LogP contribution in [0.15, 0.2) is 65.6 Å². The standard InChI is InChI=1S/C23H23N5O3S/c1-15-5-7-18(8-6-15)21-13-14-22(25-24-21)28-17(3)23(16(2)26-28)32(29,30)27-19-9-11-20(31-4)12-10-19/h5-14,27H,1-4H3. The molecule has 0 saturated heterocycles. The Morgan fingerprint density at radius 1 is 0.875 bits per heavy atom. The molecular weight excluding hydrogens is 426 g/mol. The maximum absolute atomic E-state index is 13.1. The maximum Gasteiger partial charge on any atom is 0.265 e. The van der Waals surface area contributed by atoms with Gasteiger partial charge in [0.25, 0.3) is 10.0 Å². The monoisotopic (exact) mass is 449 g/mol. The van der Waals surface area contributed by atoms with Crippen molar-refractivity contribution in [2.45, 2.75) is 25.7 Å². The first-order valence-corrected chi connectivity index (χ1v) is 11.4. The first-order valence-electron chi connectivity index (χ1n) is 9.93. The molecule has 0 spiro atoms. The molecule has 0 atom stereocenters. The van der Waals surface area contributed by atoms with E-state index >= 15 is 0 Å². The van der Waals surface area contributed by atoms with E-state index in [9.17, 15) is 8.42 Å². The molecule has 0 bridgehead atoms. The summed E-state index contributed by atoms with van der Waals surface area (Å²) in [5.74, 6) is 1.08. The van der Waals surface area contributed by atoms with E-state index in [-0.39, 0.29) is 4.90 Å². The summed E-state index contributed by atoms with van der Waals surface area (Å²) in [6, 6.07) is 18.3. The Morgan fingerprint density at radius 2 is 1.56 bits per heavy atom. The van der Waals surface area contributed by atoms with Crippen LogP contribution < -0.4 is 9.46 Å². The highest BCUT2D eigenvalue weighted by molar-refractivity contribution is 7.92. The molecule has 0 aliphatic carbocycles. The molecule has 164 valence electrons. The van der Waals surface area contributed by atoms with Crippen molar-refractivity contribution in [3.63, 3.8) is 0 Å². The predicted molar refractivity (Wildman–Crippen MR) is 123 cm³/mol. The van der Waals surface area contributed by atoms with Gasteiger partial charge in [-0.25, -0.2) is 13.1 Å². The molecule has 4 rings (SSSR count). The van der Waals surface area contributed by atoms with Gasteiger partial charge in [0.2, 0.25) is 0 Å². The molecule has 1 N–H and O–H groups in total. The number of nitrogens with one attached hydrogen (secondary N) is 1. The third kappa shape index (κ3) is 4.19. The summed E-state index contributed by atoms with van der Waals surface area (Å²) in [5, 5.41) is 13.0. The van der Waals surface area contributed by atoms with Crippen molar-refractivity contribution in [3.05, 3.63) is 77.6 Å². The van der Waals surface area contributed by atoms with Gasteiger partial charge < -0.3 is 4.74 Å². The third-order valence-corrected chi connectivity index (χ3v) is 6.68. The molecule has 0 aliphatic rings. The SMILES string of the molecule is COc1ccc(NS(=O)(=O)c2c(C)nn(-c3ccc(-c4ccc(C)cc4)nn3)c2C)cc1. The Bertz CT molecular complexity index is 1340. The Hall–Kier alpha value is -3.72. The zero-order chi connectivity index (χ0) is 22.9. The van der Waals surface area contributed by atoms with E-state index in [0.29, 0.717) is 28.6 Å². The molecule has 0 saturated carbocycles. The van der Waals surface area contributed by atoms with Crippen molar-refractivity contribution in [2.75, 3.05) is 11.8 Å². The number of methoxy groups -OCH3 is 1. The summed E-state index contributed by atoms with van der Waals surface area (Å²) >= 11 is 0. The van der Waals surface area contributed by atoms with Gasteiger partial charge in [-0.15, -0.1) is 10.2 Å². The molecule has 0 unspecified atom stereocenters. The fraction of sp³-hybridized carbons (Fsp3) is 0.174. The Balaban J connectivity index is 1.64. The second kappa shape index (κ2) is 8.43. The minimum absolute atomic E-state index is 0.109. The number of ether oxygens (including phenoxy) is 1. The van der Waals surface area contributed by atoms with E-state index in [1.54, 1.807) is 51.3 Å². The highest BCUT2D eigenvalue weighted by Crippen LogP contribution is 2.26. The van der Waals surface area contributed by atoms with Crippen LogP contribution in [0.5, 0.6) is 5.75 Å². The molecule has 4 aromatic rings. The lowest BCUT2D eigenvalue weighted by Gasteiger charge is -2.09. The van der Waals surface area contributed by atoms with Gasteiger partial charge in [0.1, 0.15) is 10.6 Å². The van der Waals surface area contributed by atoms with Crippen molar-refractivity contribution in [1.82, 2.24) is 20.0 Å². The molecule has 2 aromatic carbocycles. The van der Waals surface area contributed by atoms with Gasteiger partial charge in [-0.1, -0.05) is 29.8 Å². The average molecular weight is 450 g/mol. The molecule has 2 heterocycles.